The van der Waals surface area contributed by atoms with Crippen LogP contribution >= 0.6 is 0 Å². The van der Waals surface area contributed by atoms with E-state index in [2.05, 4.69) is 39.0 Å². The molecule has 0 bridgehead atoms. The predicted octanol–water partition coefficient (Wildman–Crippen LogP) is 4.00. The third-order valence-electron chi connectivity index (χ3n) is 5.79. The molecule has 0 spiro atoms. The lowest BCUT2D eigenvalue weighted by molar-refractivity contribution is 0.166. The quantitative estimate of drug-likeness (QED) is 0.737. The number of benzene rings is 2. The molecule has 0 aromatic heterocycles. The van der Waals surface area contributed by atoms with Crippen molar-refractivity contribution in [1.29, 1.82) is 0 Å². The van der Waals surface area contributed by atoms with Gasteiger partial charge >= 0.3 is 6.03 Å². The number of nitrogens with one attached hydrogen (secondary N) is 3. The zero-order chi connectivity index (χ0) is 19.3. The predicted molar refractivity (Wildman–Crippen MR) is 115 cm³/mol. The Morgan fingerprint density at radius 2 is 2.07 bits per heavy atom. The van der Waals surface area contributed by atoms with Crippen molar-refractivity contribution in [2.45, 2.75) is 32.7 Å². The van der Waals surface area contributed by atoms with Gasteiger partial charge in [-0.15, -0.1) is 0 Å². The lowest BCUT2D eigenvalue weighted by Gasteiger charge is -2.33. The average Bonchev–Trinajstić information content (AvgIpc) is 3.19. The van der Waals surface area contributed by atoms with Crippen LogP contribution in [0.5, 0.6) is 0 Å². The van der Waals surface area contributed by atoms with Crippen molar-refractivity contribution < 1.29 is 4.79 Å². The van der Waals surface area contributed by atoms with Crippen LogP contribution in [0.3, 0.4) is 0 Å². The minimum atomic E-state index is -0.119. The second-order valence-electron chi connectivity index (χ2n) is 8.07. The first-order valence-corrected chi connectivity index (χ1v) is 10.4. The summed E-state index contributed by atoms with van der Waals surface area (Å²) < 4.78 is 0. The Balaban J connectivity index is 1.26. The van der Waals surface area contributed by atoms with Crippen LogP contribution in [0.15, 0.2) is 42.5 Å². The second-order valence-corrected chi connectivity index (χ2v) is 8.07. The topological polar surface area (TPSA) is 56.4 Å². The molecule has 2 aromatic carbocycles. The van der Waals surface area contributed by atoms with Gasteiger partial charge in [0.1, 0.15) is 0 Å². The van der Waals surface area contributed by atoms with E-state index in [0.29, 0.717) is 5.92 Å². The van der Waals surface area contributed by atoms with Crippen molar-refractivity contribution >= 4 is 17.4 Å². The average molecular weight is 379 g/mol. The number of piperidine rings is 1. The zero-order valence-electron chi connectivity index (χ0n) is 16.6. The Morgan fingerprint density at radius 1 is 1.21 bits per heavy atom. The highest BCUT2D eigenvalue weighted by molar-refractivity contribution is 5.89. The summed E-state index contributed by atoms with van der Waals surface area (Å²) in [7, 11) is 0. The van der Waals surface area contributed by atoms with E-state index in [9.17, 15) is 4.79 Å². The van der Waals surface area contributed by atoms with Gasteiger partial charge in [-0.05, 0) is 61.9 Å². The molecule has 2 aliphatic heterocycles. The Bertz CT molecular complexity index is 818. The molecule has 0 aliphatic carbocycles. The van der Waals surface area contributed by atoms with E-state index in [1.54, 1.807) is 0 Å². The smallest absolute Gasteiger partial charge is 0.319 e. The molecule has 148 valence electrons. The third-order valence-corrected chi connectivity index (χ3v) is 5.79. The lowest BCUT2D eigenvalue weighted by atomic mass is 9.97. The molecule has 1 saturated heterocycles. The SMILES string of the molecule is Cc1ccc(NC(=O)NCC2CCCN(Cc3cccc4c3NCC4)C2)cc1. The van der Waals surface area contributed by atoms with Crippen LogP contribution in [-0.2, 0) is 13.0 Å². The molecule has 4 rings (SSSR count). The van der Waals surface area contributed by atoms with E-state index in [0.717, 1.165) is 44.8 Å². The number of anilines is 2. The van der Waals surface area contributed by atoms with Crippen molar-refractivity contribution in [2.75, 3.05) is 36.8 Å². The molecule has 1 atom stereocenters. The van der Waals surface area contributed by atoms with Crippen LogP contribution in [0.1, 0.15) is 29.5 Å². The number of amides is 2. The largest absolute Gasteiger partial charge is 0.384 e. The lowest BCUT2D eigenvalue weighted by Crippen LogP contribution is -2.41. The first-order chi connectivity index (χ1) is 13.7. The van der Waals surface area contributed by atoms with Gasteiger partial charge in [0.15, 0.2) is 0 Å². The number of fused-ring (bicyclic) bond motifs is 1. The van der Waals surface area contributed by atoms with Gasteiger partial charge in [0.2, 0.25) is 0 Å². The number of carbonyl (C=O) groups excluding carboxylic acids is 1. The molecular formula is C23H30N4O. The highest BCUT2D eigenvalue weighted by Crippen LogP contribution is 2.28. The molecule has 2 heterocycles. The maximum absolute atomic E-state index is 12.2. The molecule has 2 amide bonds. The first kappa shape index (κ1) is 18.8. The van der Waals surface area contributed by atoms with Crippen LogP contribution in [-0.4, -0.2) is 37.1 Å². The van der Waals surface area contributed by atoms with Gasteiger partial charge in [0, 0.05) is 37.6 Å². The van der Waals surface area contributed by atoms with E-state index in [1.807, 2.05) is 31.2 Å². The van der Waals surface area contributed by atoms with Crippen molar-refractivity contribution in [1.82, 2.24) is 10.2 Å². The number of hydrogen-bond acceptors (Lipinski definition) is 3. The molecule has 3 N–H and O–H groups in total. The Morgan fingerprint density at radius 3 is 2.93 bits per heavy atom. The molecule has 5 heteroatoms. The Labute approximate surface area is 167 Å². The van der Waals surface area contributed by atoms with Crippen LogP contribution in [0.25, 0.3) is 0 Å². The number of rotatable bonds is 5. The number of carbonyl (C=O) groups is 1. The van der Waals surface area contributed by atoms with Crippen molar-refractivity contribution in [3.63, 3.8) is 0 Å². The number of nitrogens with zero attached hydrogens (tertiary/aromatic N) is 1. The summed E-state index contributed by atoms with van der Waals surface area (Å²) in [5.41, 5.74) is 6.22. The van der Waals surface area contributed by atoms with E-state index in [4.69, 9.17) is 0 Å². The van der Waals surface area contributed by atoms with Crippen molar-refractivity contribution in [2.24, 2.45) is 5.92 Å². The third kappa shape index (κ3) is 4.65. The van der Waals surface area contributed by atoms with Gasteiger partial charge in [-0.3, -0.25) is 4.90 Å². The summed E-state index contributed by atoms with van der Waals surface area (Å²) in [4.78, 5) is 14.7. The Kier molecular flexibility index (Phi) is 5.81. The summed E-state index contributed by atoms with van der Waals surface area (Å²) in [6.07, 6.45) is 3.49. The maximum atomic E-state index is 12.2. The van der Waals surface area contributed by atoms with Crippen LogP contribution in [0, 0.1) is 12.8 Å². The van der Waals surface area contributed by atoms with Crippen LogP contribution < -0.4 is 16.0 Å². The number of likely N-dealkylation sites (tertiary alicyclic amines) is 1. The van der Waals surface area contributed by atoms with Gasteiger partial charge in [-0.25, -0.2) is 4.79 Å². The van der Waals surface area contributed by atoms with E-state index in [-0.39, 0.29) is 6.03 Å². The summed E-state index contributed by atoms with van der Waals surface area (Å²) in [5, 5.41) is 9.51. The monoisotopic (exact) mass is 378 g/mol. The second kappa shape index (κ2) is 8.65. The van der Waals surface area contributed by atoms with Gasteiger partial charge in [-0.1, -0.05) is 35.9 Å². The van der Waals surface area contributed by atoms with Crippen molar-refractivity contribution in [3.05, 3.63) is 59.2 Å². The molecule has 2 aromatic rings. The number of hydrogen-bond donors (Lipinski definition) is 3. The van der Waals surface area contributed by atoms with Gasteiger partial charge in [0.05, 0.1) is 0 Å². The van der Waals surface area contributed by atoms with Crippen molar-refractivity contribution in [3.8, 4) is 0 Å². The molecule has 0 radical (unpaired) electrons. The molecule has 2 aliphatic rings. The van der Waals surface area contributed by atoms with Gasteiger partial charge in [-0.2, -0.15) is 0 Å². The molecular weight excluding hydrogens is 348 g/mol. The fourth-order valence-electron chi connectivity index (χ4n) is 4.29. The summed E-state index contributed by atoms with van der Waals surface area (Å²) in [5.74, 6) is 0.502. The van der Waals surface area contributed by atoms with Crippen LogP contribution in [0.2, 0.25) is 0 Å². The summed E-state index contributed by atoms with van der Waals surface area (Å²) >= 11 is 0. The number of aryl methyl sites for hydroxylation is 1. The van der Waals surface area contributed by atoms with E-state index in [1.165, 1.54) is 35.2 Å². The minimum Gasteiger partial charge on any atom is -0.384 e. The van der Waals surface area contributed by atoms with E-state index < -0.39 is 0 Å². The standard InChI is InChI=1S/C23H30N4O/c1-17-7-9-21(10-8-17)26-23(28)25-14-18-4-3-13-27(15-18)16-20-6-2-5-19-11-12-24-22(19)20/h2,5-10,18,24H,3-4,11-16H2,1H3,(H2,25,26,28). The van der Waals surface area contributed by atoms with Crippen LogP contribution in [0.4, 0.5) is 16.2 Å². The molecule has 5 nitrogen and oxygen atoms in total. The Hall–Kier alpha value is -2.53. The highest BCUT2D eigenvalue weighted by Gasteiger charge is 2.22. The molecule has 28 heavy (non-hydrogen) atoms. The van der Waals surface area contributed by atoms with Gasteiger partial charge < -0.3 is 16.0 Å². The fourth-order valence-corrected chi connectivity index (χ4v) is 4.29. The fraction of sp³-hybridized carbons (Fsp3) is 0.435. The number of urea groups is 1. The zero-order valence-corrected chi connectivity index (χ0v) is 16.6. The molecule has 1 unspecified atom stereocenters. The summed E-state index contributed by atoms with van der Waals surface area (Å²) in [6.45, 7) is 6.97. The molecule has 0 saturated carbocycles. The van der Waals surface area contributed by atoms with E-state index >= 15 is 0 Å². The normalized spacial score (nSPS) is 19.0. The first-order valence-electron chi connectivity index (χ1n) is 10.4. The highest BCUT2D eigenvalue weighted by atomic mass is 16.2. The number of para-hydroxylation sites is 1. The minimum absolute atomic E-state index is 0.119. The maximum Gasteiger partial charge on any atom is 0.319 e. The van der Waals surface area contributed by atoms with Gasteiger partial charge in [0.25, 0.3) is 0 Å². The molecule has 1 fully saturated rings. The summed E-state index contributed by atoms with van der Waals surface area (Å²) in [6, 6.07) is 14.4.